The van der Waals surface area contributed by atoms with Crippen LogP contribution in [-0.4, -0.2) is 17.4 Å². The van der Waals surface area contributed by atoms with Gasteiger partial charge in [0, 0.05) is 5.56 Å². The molecule has 92 valence electrons. The normalized spacial score (nSPS) is 11.1. The fourth-order valence-electron chi connectivity index (χ4n) is 1.31. The first-order chi connectivity index (χ1) is 7.84. The van der Waals surface area contributed by atoms with Gasteiger partial charge in [-0.1, -0.05) is 44.7 Å². The maximum Gasteiger partial charge on any atom is 0.249 e. The van der Waals surface area contributed by atoms with Crippen molar-refractivity contribution in [1.82, 2.24) is 0 Å². The molecule has 3 nitrogen and oxygen atoms in total. The SMILES string of the molecule is CSC(=N)OC(=N)c1ccc(C(C)(C)C)cc1. The summed E-state index contributed by atoms with van der Waals surface area (Å²) in [5.41, 5.74) is 2.01. The van der Waals surface area contributed by atoms with E-state index < -0.39 is 0 Å². The second kappa shape index (κ2) is 5.36. The first-order valence-electron chi connectivity index (χ1n) is 5.34. The van der Waals surface area contributed by atoms with E-state index in [-0.39, 0.29) is 16.5 Å². The maximum absolute atomic E-state index is 7.71. The molecule has 0 saturated heterocycles. The van der Waals surface area contributed by atoms with Crippen LogP contribution >= 0.6 is 11.8 Å². The van der Waals surface area contributed by atoms with Gasteiger partial charge in [0.25, 0.3) is 0 Å². The zero-order valence-electron chi connectivity index (χ0n) is 10.6. The minimum absolute atomic E-state index is 0.0183. The van der Waals surface area contributed by atoms with E-state index in [1.165, 1.54) is 17.3 Å². The van der Waals surface area contributed by atoms with E-state index in [0.29, 0.717) is 5.56 Å². The van der Waals surface area contributed by atoms with Crippen LogP contribution in [0.25, 0.3) is 0 Å². The average molecular weight is 250 g/mol. The molecule has 0 heterocycles. The number of benzene rings is 1. The van der Waals surface area contributed by atoms with Crippen LogP contribution in [0, 0.1) is 10.8 Å². The molecule has 17 heavy (non-hydrogen) atoms. The highest BCUT2D eigenvalue weighted by atomic mass is 32.2. The van der Waals surface area contributed by atoms with Crippen LogP contribution in [0.4, 0.5) is 0 Å². The predicted molar refractivity (Wildman–Crippen MR) is 74.3 cm³/mol. The summed E-state index contributed by atoms with van der Waals surface area (Å²) >= 11 is 1.18. The van der Waals surface area contributed by atoms with Crippen LogP contribution in [-0.2, 0) is 10.2 Å². The summed E-state index contributed by atoms with van der Waals surface area (Å²) in [6, 6.07) is 7.71. The maximum atomic E-state index is 7.71. The Hall–Kier alpha value is -1.29. The van der Waals surface area contributed by atoms with Crippen molar-refractivity contribution in [2.24, 2.45) is 0 Å². The smallest absolute Gasteiger partial charge is 0.249 e. The van der Waals surface area contributed by atoms with Crippen molar-refractivity contribution >= 4 is 22.9 Å². The second-order valence-electron chi connectivity index (χ2n) is 4.75. The van der Waals surface area contributed by atoms with Crippen molar-refractivity contribution in [3.05, 3.63) is 35.4 Å². The van der Waals surface area contributed by atoms with Crippen molar-refractivity contribution in [2.45, 2.75) is 26.2 Å². The molecule has 1 aromatic rings. The Morgan fingerprint density at radius 1 is 1.12 bits per heavy atom. The van der Waals surface area contributed by atoms with E-state index in [2.05, 4.69) is 20.8 Å². The average Bonchev–Trinajstić information content (AvgIpc) is 2.27. The van der Waals surface area contributed by atoms with E-state index in [4.69, 9.17) is 15.6 Å². The lowest BCUT2D eigenvalue weighted by Crippen LogP contribution is -2.12. The molecule has 0 spiro atoms. The van der Waals surface area contributed by atoms with Crippen LogP contribution in [0.1, 0.15) is 31.9 Å². The molecule has 1 rings (SSSR count). The third-order valence-electron chi connectivity index (χ3n) is 2.39. The summed E-state index contributed by atoms with van der Waals surface area (Å²) in [7, 11) is 0. The molecule has 0 saturated carbocycles. The molecule has 0 bridgehead atoms. The molecular formula is C13H18N2OS. The number of hydrogen-bond acceptors (Lipinski definition) is 4. The molecule has 1 aromatic carbocycles. The molecule has 0 aromatic heterocycles. The summed E-state index contributed by atoms with van der Waals surface area (Å²) in [6.07, 6.45) is 1.75. The first kappa shape index (κ1) is 13.8. The molecule has 0 aliphatic heterocycles. The van der Waals surface area contributed by atoms with Gasteiger partial charge in [0.2, 0.25) is 11.1 Å². The monoisotopic (exact) mass is 250 g/mol. The molecule has 0 aliphatic rings. The van der Waals surface area contributed by atoms with Gasteiger partial charge in [-0.3, -0.25) is 10.8 Å². The Morgan fingerprint density at radius 3 is 2.06 bits per heavy atom. The van der Waals surface area contributed by atoms with E-state index >= 15 is 0 Å². The van der Waals surface area contributed by atoms with Crippen LogP contribution < -0.4 is 0 Å². The zero-order chi connectivity index (χ0) is 13.1. The lowest BCUT2D eigenvalue weighted by Gasteiger charge is -2.19. The standard InChI is InChI=1S/C13H18N2OS/c1-13(2,3)10-7-5-9(6-8-10)11(14)16-12(15)17-4/h5-8,14-15H,1-4H3. The fraction of sp³-hybridized carbons (Fsp3) is 0.385. The Morgan fingerprint density at radius 2 is 1.65 bits per heavy atom. The van der Waals surface area contributed by atoms with Crippen LogP contribution in [0.15, 0.2) is 24.3 Å². The number of hydrogen-bond donors (Lipinski definition) is 2. The number of ether oxygens (including phenoxy) is 1. The Bertz CT molecular complexity index is 418. The van der Waals surface area contributed by atoms with Crippen molar-refractivity contribution in [3.63, 3.8) is 0 Å². The van der Waals surface area contributed by atoms with Gasteiger partial charge in [-0.2, -0.15) is 0 Å². The van der Waals surface area contributed by atoms with E-state index in [1.54, 1.807) is 6.26 Å². The quantitative estimate of drug-likeness (QED) is 0.590. The largest absolute Gasteiger partial charge is 0.415 e. The zero-order valence-corrected chi connectivity index (χ0v) is 11.4. The highest BCUT2D eigenvalue weighted by molar-refractivity contribution is 8.12. The number of rotatable bonds is 1. The highest BCUT2D eigenvalue weighted by Gasteiger charge is 2.14. The van der Waals surface area contributed by atoms with Crippen LogP contribution in [0.5, 0.6) is 0 Å². The van der Waals surface area contributed by atoms with Gasteiger partial charge in [0.15, 0.2) is 0 Å². The minimum Gasteiger partial charge on any atom is -0.415 e. The Labute approximate surface area is 107 Å². The molecule has 0 unspecified atom stereocenters. The van der Waals surface area contributed by atoms with Gasteiger partial charge >= 0.3 is 0 Å². The third-order valence-corrected chi connectivity index (χ3v) is 2.85. The fourth-order valence-corrected chi connectivity index (χ4v) is 1.48. The number of thioether (sulfide) groups is 1. The summed E-state index contributed by atoms with van der Waals surface area (Å²) < 4.78 is 5.04. The van der Waals surface area contributed by atoms with Crippen molar-refractivity contribution in [2.75, 3.05) is 6.26 Å². The van der Waals surface area contributed by atoms with Gasteiger partial charge < -0.3 is 4.74 Å². The van der Waals surface area contributed by atoms with Gasteiger partial charge in [-0.25, -0.2) is 0 Å². The molecule has 2 N–H and O–H groups in total. The molecule has 4 heteroatoms. The predicted octanol–water partition coefficient (Wildman–Crippen LogP) is 3.62. The van der Waals surface area contributed by atoms with Crippen LogP contribution in [0.2, 0.25) is 0 Å². The summed E-state index contributed by atoms with van der Waals surface area (Å²) in [6.45, 7) is 6.44. The molecular weight excluding hydrogens is 232 g/mol. The minimum atomic E-state index is 0.0183. The van der Waals surface area contributed by atoms with Gasteiger partial charge in [0.1, 0.15) is 0 Å². The summed E-state index contributed by atoms with van der Waals surface area (Å²) in [5, 5.41) is 15.1. The molecule has 0 fully saturated rings. The second-order valence-corrected chi connectivity index (χ2v) is 5.53. The molecule has 0 radical (unpaired) electrons. The summed E-state index contributed by atoms with van der Waals surface area (Å²) in [5.74, 6) is 0.0183. The lowest BCUT2D eigenvalue weighted by molar-refractivity contribution is 0.552. The lowest BCUT2D eigenvalue weighted by atomic mass is 9.87. The van der Waals surface area contributed by atoms with E-state index in [0.717, 1.165) is 0 Å². The molecule has 0 atom stereocenters. The molecule has 0 aliphatic carbocycles. The summed E-state index contributed by atoms with van der Waals surface area (Å²) in [4.78, 5) is 0. The topological polar surface area (TPSA) is 56.9 Å². The van der Waals surface area contributed by atoms with Crippen molar-refractivity contribution < 1.29 is 4.74 Å². The highest BCUT2D eigenvalue weighted by Crippen LogP contribution is 2.22. The van der Waals surface area contributed by atoms with E-state index in [9.17, 15) is 0 Å². The Kier molecular flexibility index (Phi) is 4.34. The van der Waals surface area contributed by atoms with Gasteiger partial charge in [-0.05, 0) is 29.4 Å². The third kappa shape index (κ3) is 3.89. The Balaban J connectivity index is 2.81. The van der Waals surface area contributed by atoms with Crippen molar-refractivity contribution in [3.8, 4) is 0 Å². The molecule has 0 amide bonds. The van der Waals surface area contributed by atoms with Crippen LogP contribution in [0.3, 0.4) is 0 Å². The van der Waals surface area contributed by atoms with Gasteiger partial charge in [0.05, 0.1) is 0 Å². The van der Waals surface area contributed by atoms with E-state index in [1.807, 2.05) is 24.3 Å². The van der Waals surface area contributed by atoms with Gasteiger partial charge in [-0.15, -0.1) is 0 Å². The van der Waals surface area contributed by atoms with Crippen molar-refractivity contribution in [1.29, 1.82) is 10.8 Å². The first-order valence-corrected chi connectivity index (χ1v) is 6.57. The number of nitrogens with one attached hydrogen (secondary N) is 2.